The summed E-state index contributed by atoms with van der Waals surface area (Å²) in [6, 6.07) is 16.8. The first kappa shape index (κ1) is 16.8. The summed E-state index contributed by atoms with van der Waals surface area (Å²) >= 11 is 0. The Labute approximate surface area is 146 Å². The zero-order valence-electron chi connectivity index (χ0n) is 14.0. The van der Waals surface area contributed by atoms with Gasteiger partial charge in [0.2, 0.25) is 11.8 Å². The minimum atomic E-state index is -0.165. The summed E-state index contributed by atoms with van der Waals surface area (Å²) in [6.07, 6.45) is 2.35. The highest BCUT2D eigenvalue weighted by Gasteiger charge is 2.29. The number of likely N-dealkylation sites (tertiary alicyclic amines) is 1. The summed E-state index contributed by atoms with van der Waals surface area (Å²) in [5.74, 6) is 1.61. The van der Waals surface area contributed by atoms with Crippen molar-refractivity contribution in [2.24, 2.45) is 0 Å². The molecular weight excluding hydrogens is 318 g/mol. The Kier molecular flexibility index (Phi) is 5.14. The largest absolute Gasteiger partial charge is 0.497 e. The van der Waals surface area contributed by atoms with Crippen molar-refractivity contribution >= 4 is 17.9 Å². The number of imide groups is 1. The first-order chi connectivity index (χ1) is 12.2. The molecule has 0 spiro atoms. The van der Waals surface area contributed by atoms with Crippen molar-refractivity contribution in [1.29, 1.82) is 0 Å². The van der Waals surface area contributed by atoms with Crippen LogP contribution >= 0.6 is 0 Å². The van der Waals surface area contributed by atoms with Gasteiger partial charge < -0.3 is 9.47 Å². The number of methoxy groups -OCH3 is 1. The fourth-order valence-electron chi connectivity index (χ4n) is 2.59. The van der Waals surface area contributed by atoms with E-state index in [1.807, 2.05) is 60.7 Å². The standard InChI is InChI=1S/C20H19NO4/c1-24-16-9-7-15(8-10-16)13-18(25-17-5-3-2-4-6-17)14-21-19(22)11-12-20(21)23/h2-10,13H,11-12,14H2,1H3/b18-13-. The Morgan fingerprint density at radius 1 is 0.960 bits per heavy atom. The summed E-state index contributed by atoms with van der Waals surface area (Å²) in [4.78, 5) is 25.1. The fraction of sp³-hybridized carbons (Fsp3) is 0.200. The third-order valence-electron chi connectivity index (χ3n) is 3.90. The highest BCUT2D eigenvalue weighted by molar-refractivity contribution is 6.02. The molecule has 5 heteroatoms. The quantitative estimate of drug-likeness (QED) is 0.600. The molecular formula is C20H19NO4. The molecule has 1 aliphatic rings. The molecule has 1 saturated heterocycles. The molecule has 0 N–H and O–H groups in total. The highest BCUT2D eigenvalue weighted by atomic mass is 16.5. The number of hydrogen-bond donors (Lipinski definition) is 0. The van der Waals surface area contributed by atoms with Gasteiger partial charge in [-0.15, -0.1) is 0 Å². The van der Waals surface area contributed by atoms with E-state index in [0.717, 1.165) is 11.3 Å². The van der Waals surface area contributed by atoms with Crippen LogP contribution in [0.15, 0.2) is 60.4 Å². The lowest BCUT2D eigenvalue weighted by atomic mass is 10.2. The number of nitrogens with zero attached hydrogens (tertiary/aromatic N) is 1. The maximum absolute atomic E-state index is 11.9. The van der Waals surface area contributed by atoms with Gasteiger partial charge in [0, 0.05) is 12.8 Å². The van der Waals surface area contributed by atoms with E-state index in [4.69, 9.17) is 9.47 Å². The lowest BCUT2D eigenvalue weighted by molar-refractivity contribution is -0.138. The second kappa shape index (κ2) is 7.66. The summed E-state index contributed by atoms with van der Waals surface area (Å²) in [5, 5.41) is 0. The van der Waals surface area contributed by atoms with Gasteiger partial charge in [-0.25, -0.2) is 0 Å². The van der Waals surface area contributed by atoms with Crippen LogP contribution in [0.4, 0.5) is 0 Å². The van der Waals surface area contributed by atoms with Gasteiger partial charge in [-0.1, -0.05) is 30.3 Å². The SMILES string of the molecule is COc1ccc(/C=C(/CN2C(=O)CCC2=O)Oc2ccccc2)cc1. The van der Waals surface area contributed by atoms with Crippen LogP contribution in [0.2, 0.25) is 0 Å². The number of para-hydroxylation sites is 1. The van der Waals surface area contributed by atoms with Gasteiger partial charge in [-0.3, -0.25) is 14.5 Å². The Morgan fingerprint density at radius 3 is 2.20 bits per heavy atom. The summed E-state index contributed by atoms with van der Waals surface area (Å²) in [7, 11) is 1.61. The third-order valence-corrected chi connectivity index (χ3v) is 3.90. The lowest BCUT2D eigenvalue weighted by Crippen LogP contribution is -2.32. The molecule has 3 rings (SSSR count). The van der Waals surface area contributed by atoms with Crippen molar-refractivity contribution in [2.75, 3.05) is 13.7 Å². The molecule has 5 nitrogen and oxygen atoms in total. The van der Waals surface area contributed by atoms with Crippen molar-refractivity contribution in [2.45, 2.75) is 12.8 Å². The van der Waals surface area contributed by atoms with Crippen LogP contribution in [0, 0.1) is 0 Å². The van der Waals surface area contributed by atoms with Crippen molar-refractivity contribution in [3.63, 3.8) is 0 Å². The first-order valence-corrected chi connectivity index (χ1v) is 8.06. The predicted molar refractivity (Wildman–Crippen MR) is 94.0 cm³/mol. The fourth-order valence-corrected chi connectivity index (χ4v) is 2.59. The number of carbonyl (C=O) groups excluding carboxylic acids is 2. The molecule has 0 radical (unpaired) electrons. The van der Waals surface area contributed by atoms with Crippen LogP contribution in [0.5, 0.6) is 11.5 Å². The average molecular weight is 337 g/mol. The number of hydrogen-bond acceptors (Lipinski definition) is 4. The van der Waals surface area contributed by atoms with Gasteiger partial charge in [0.25, 0.3) is 0 Å². The molecule has 0 atom stereocenters. The maximum Gasteiger partial charge on any atom is 0.230 e. The predicted octanol–water partition coefficient (Wildman–Crippen LogP) is 3.26. The van der Waals surface area contributed by atoms with Crippen LogP contribution < -0.4 is 9.47 Å². The molecule has 0 aromatic heterocycles. The lowest BCUT2D eigenvalue weighted by Gasteiger charge is -2.17. The molecule has 0 unspecified atom stereocenters. The third kappa shape index (κ3) is 4.26. The maximum atomic E-state index is 11.9. The second-order valence-corrected chi connectivity index (χ2v) is 5.67. The smallest absolute Gasteiger partial charge is 0.230 e. The molecule has 1 heterocycles. The molecule has 0 saturated carbocycles. The topological polar surface area (TPSA) is 55.8 Å². The van der Waals surface area contributed by atoms with E-state index in [9.17, 15) is 9.59 Å². The van der Waals surface area contributed by atoms with E-state index in [-0.39, 0.29) is 31.2 Å². The molecule has 2 aromatic carbocycles. The van der Waals surface area contributed by atoms with E-state index in [1.54, 1.807) is 7.11 Å². The van der Waals surface area contributed by atoms with Crippen molar-refractivity contribution in [3.8, 4) is 11.5 Å². The van der Waals surface area contributed by atoms with Crippen LogP contribution in [0.25, 0.3) is 6.08 Å². The number of amides is 2. The zero-order chi connectivity index (χ0) is 17.6. The highest BCUT2D eigenvalue weighted by Crippen LogP contribution is 2.20. The molecule has 1 aliphatic heterocycles. The summed E-state index contributed by atoms with van der Waals surface area (Å²) in [5.41, 5.74) is 0.894. The van der Waals surface area contributed by atoms with Gasteiger partial charge in [-0.2, -0.15) is 0 Å². The Bertz CT molecular complexity index is 765. The molecule has 1 fully saturated rings. The van der Waals surface area contributed by atoms with Crippen LogP contribution in [0.3, 0.4) is 0 Å². The number of benzene rings is 2. The molecule has 128 valence electrons. The minimum Gasteiger partial charge on any atom is -0.497 e. The monoisotopic (exact) mass is 337 g/mol. The average Bonchev–Trinajstić information content (AvgIpc) is 2.95. The Morgan fingerprint density at radius 2 is 1.60 bits per heavy atom. The molecule has 25 heavy (non-hydrogen) atoms. The van der Waals surface area contributed by atoms with Crippen molar-refractivity contribution < 1.29 is 19.1 Å². The normalized spacial score (nSPS) is 14.8. The summed E-state index contributed by atoms with van der Waals surface area (Å²) in [6.45, 7) is 0.124. The molecule has 2 aromatic rings. The van der Waals surface area contributed by atoms with E-state index >= 15 is 0 Å². The van der Waals surface area contributed by atoms with Crippen LogP contribution in [-0.2, 0) is 9.59 Å². The first-order valence-electron chi connectivity index (χ1n) is 8.06. The Balaban J connectivity index is 1.85. The van der Waals surface area contributed by atoms with Gasteiger partial charge in [0.1, 0.15) is 17.3 Å². The van der Waals surface area contributed by atoms with E-state index in [1.165, 1.54) is 4.90 Å². The van der Waals surface area contributed by atoms with Gasteiger partial charge in [-0.05, 0) is 35.9 Å². The van der Waals surface area contributed by atoms with Crippen molar-refractivity contribution in [1.82, 2.24) is 4.90 Å². The van der Waals surface area contributed by atoms with E-state index < -0.39 is 0 Å². The van der Waals surface area contributed by atoms with E-state index in [2.05, 4.69) is 0 Å². The molecule has 0 aliphatic carbocycles. The van der Waals surface area contributed by atoms with Gasteiger partial charge >= 0.3 is 0 Å². The van der Waals surface area contributed by atoms with Crippen LogP contribution in [-0.4, -0.2) is 30.4 Å². The summed E-state index contributed by atoms with van der Waals surface area (Å²) < 4.78 is 11.1. The second-order valence-electron chi connectivity index (χ2n) is 5.67. The number of carbonyl (C=O) groups is 2. The van der Waals surface area contributed by atoms with E-state index in [0.29, 0.717) is 11.5 Å². The minimum absolute atomic E-state index is 0.124. The zero-order valence-corrected chi connectivity index (χ0v) is 14.0. The molecule has 2 amide bonds. The molecule has 0 bridgehead atoms. The van der Waals surface area contributed by atoms with Gasteiger partial charge in [0.15, 0.2) is 0 Å². The van der Waals surface area contributed by atoms with Gasteiger partial charge in [0.05, 0.1) is 13.7 Å². The Hall–Kier alpha value is -3.08. The number of rotatable bonds is 6. The number of ether oxygens (including phenoxy) is 2. The van der Waals surface area contributed by atoms with Crippen LogP contribution in [0.1, 0.15) is 18.4 Å². The van der Waals surface area contributed by atoms with Crippen molar-refractivity contribution in [3.05, 3.63) is 65.9 Å².